The van der Waals surface area contributed by atoms with Gasteiger partial charge in [-0.05, 0) is 24.8 Å². The fourth-order valence-corrected chi connectivity index (χ4v) is 3.14. The summed E-state index contributed by atoms with van der Waals surface area (Å²) in [5.74, 6) is 0.817. The Balaban J connectivity index is 1.79. The number of carbonyl (C=O) groups is 1. The number of pyridine rings is 1. The Bertz CT molecular complexity index is 507. The molecule has 0 saturated heterocycles. The lowest BCUT2D eigenvalue weighted by Gasteiger charge is -2.29. The molecule has 2 rings (SSSR count). The van der Waals surface area contributed by atoms with Gasteiger partial charge in [0.15, 0.2) is 0 Å². The molecule has 0 aromatic carbocycles. The molecule has 1 amide bonds. The third-order valence-electron chi connectivity index (χ3n) is 3.74. The number of nitrogens with zero attached hydrogens (tertiary/aromatic N) is 2. The summed E-state index contributed by atoms with van der Waals surface area (Å²) in [6.07, 6.45) is 5.85. The first-order valence-corrected chi connectivity index (χ1v) is 8.07. The molecule has 1 aromatic rings. The van der Waals surface area contributed by atoms with Crippen LogP contribution in [0, 0.1) is 16.0 Å². The zero-order chi connectivity index (χ0) is 15.2. The molecule has 21 heavy (non-hydrogen) atoms. The Morgan fingerprint density at radius 2 is 2.24 bits per heavy atom. The van der Waals surface area contributed by atoms with Gasteiger partial charge in [-0.25, -0.2) is 4.98 Å². The van der Waals surface area contributed by atoms with Crippen molar-refractivity contribution in [3.8, 4) is 0 Å². The highest BCUT2D eigenvalue weighted by atomic mass is 32.2. The fourth-order valence-electron chi connectivity index (χ4n) is 2.48. The minimum atomic E-state index is -0.487. The van der Waals surface area contributed by atoms with Crippen LogP contribution in [0.3, 0.4) is 0 Å². The Kier molecular flexibility index (Phi) is 5.55. The molecule has 0 aliphatic heterocycles. The summed E-state index contributed by atoms with van der Waals surface area (Å²) in [6.45, 7) is 2.18. The molecule has 1 heterocycles. The van der Waals surface area contributed by atoms with Crippen LogP contribution in [0.15, 0.2) is 23.4 Å². The first-order valence-electron chi connectivity index (χ1n) is 7.09. The summed E-state index contributed by atoms with van der Waals surface area (Å²) >= 11 is 1.29. The fraction of sp³-hybridized carbons (Fsp3) is 0.571. The second-order valence-electron chi connectivity index (χ2n) is 5.34. The van der Waals surface area contributed by atoms with Crippen LogP contribution in [-0.2, 0) is 4.79 Å². The summed E-state index contributed by atoms with van der Waals surface area (Å²) < 4.78 is 0. The van der Waals surface area contributed by atoms with Crippen LogP contribution in [0.5, 0.6) is 0 Å². The van der Waals surface area contributed by atoms with Crippen LogP contribution in [0.1, 0.15) is 32.6 Å². The Morgan fingerprint density at radius 1 is 1.48 bits per heavy atom. The van der Waals surface area contributed by atoms with E-state index in [9.17, 15) is 14.9 Å². The molecule has 6 nitrogen and oxygen atoms in total. The van der Waals surface area contributed by atoms with E-state index in [1.165, 1.54) is 43.3 Å². The lowest BCUT2D eigenvalue weighted by molar-refractivity contribution is -0.385. The van der Waals surface area contributed by atoms with Crippen LogP contribution in [0.25, 0.3) is 0 Å². The molecule has 0 radical (unpaired) electrons. The van der Waals surface area contributed by atoms with Crippen molar-refractivity contribution in [2.75, 3.05) is 5.75 Å². The van der Waals surface area contributed by atoms with E-state index in [0.717, 1.165) is 6.42 Å². The van der Waals surface area contributed by atoms with Gasteiger partial charge in [0, 0.05) is 12.1 Å². The van der Waals surface area contributed by atoms with Gasteiger partial charge < -0.3 is 5.32 Å². The molecule has 0 spiro atoms. The van der Waals surface area contributed by atoms with E-state index >= 15 is 0 Å². The number of aromatic nitrogens is 1. The van der Waals surface area contributed by atoms with Crippen LogP contribution in [-0.4, -0.2) is 27.6 Å². The Hall–Kier alpha value is -1.63. The Morgan fingerprint density at radius 3 is 2.86 bits per heavy atom. The van der Waals surface area contributed by atoms with Crippen molar-refractivity contribution in [2.24, 2.45) is 5.92 Å². The number of thioether (sulfide) groups is 1. The Labute approximate surface area is 127 Å². The average Bonchev–Trinajstić information content (AvgIpc) is 2.48. The number of hydrogen-bond donors (Lipinski definition) is 1. The van der Waals surface area contributed by atoms with Crippen molar-refractivity contribution in [2.45, 2.75) is 43.7 Å². The zero-order valence-electron chi connectivity index (χ0n) is 11.9. The van der Waals surface area contributed by atoms with Gasteiger partial charge in [-0.3, -0.25) is 14.9 Å². The van der Waals surface area contributed by atoms with Gasteiger partial charge in [-0.2, -0.15) is 0 Å². The van der Waals surface area contributed by atoms with Gasteiger partial charge in [-0.15, -0.1) is 0 Å². The standard InChI is InChI=1S/C14H19N3O3S/c1-10-4-2-3-5-12(10)16-13(18)9-21-14-7-6-11(8-15-14)17(19)20/h6-8,10,12H,2-5,9H2,1H3,(H,16,18)/t10-,12+/m0/s1. The minimum absolute atomic E-state index is 0.00102. The van der Waals surface area contributed by atoms with Crippen LogP contribution >= 0.6 is 11.8 Å². The topological polar surface area (TPSA) is 85.1 Å². The smallest absolute Gasteiger partial charge is 0.287 e. The molecule has 1 N–H and O–H groups in total. The highest BCUT2D eigenvalue weighted by Crippen LogP contribution is 2.24. The van der Waals surface area contributed by atoms with Crippen molar-refractivity contribution in [1.29, 1.82) is 0 Å². The molecule has 0 bridgehead atoms. The molecular formula is C14H19N3O3S. The quantitative estimate of drug-likeness (QED) is 0.513. The normalized spacial score (nSPS) is 21.8. The van der Waals surface area contributed by atoms with Crippen molar-refractivity contribution in [3.05, 3.63) is 28.4 Å². The van der Waals surface area contributed by atoms with Gasteiger partial charge in [0.1, 0.15) is 6.20 Å². The molecule has 114 valence electrons. The van der Waals surface area contributed by atoms with E-state index in [0.29, 0.717) is 10.9 Å². The van der Waals surface area contributed by atoms with Crippen LogP contribution in [0.2, 0.25) is 0 Å². The second-order valence-corrected chi connectivity index (χ2v) is 6.33. The number of nitro groups is 1. The van der Waals surface area contributed by atoms with Gasteiger partial charge in [0.05, 0.1) is 15.7 Å². The van der Waals surface area contributed by atoms with Crippen molar-refractivity contribution >= 4 is 23.4 Å². The van der Waals surface area contributed by atoms with Gasteiger partial charge in [-0.1, -0.05) is 31.5 Å². The van der Waals surface area contributed by atoms with Crippen LogP contribution < -0.4 is 5.32 Å². The minimum Gasteiger partial charge on any atom is -0.352 e. The molecule has 1 aromatic heterocycles. The maximum atomic E-state index is 11.9. The van der Waals surface area contributed by atoms with Gasteiger partial charge >= 0.3 is 0 Å². The van der Waals surface area contributed by atoms with Crippen molar-refractivity contribution < 1.29 is 9.72 Å². The van der Waals surface area contributed by atoms with Crippen molar-refractivity contribution in [3.63, 3.8) is 0 Å². The maximum absolute atomic E-state index is 11.9. The largest absolute Gasteiger partial charge is 0.352 e. The second kappa shape index (κ2) is 7.40. The molecule has 1 aliphatic rings. The molecule has 1 saturated carbocycles. The predicted molar refractivity (Wildman–Crippen MR) is 81.2 cm³/mol. The monoisotopic (exact) mass is 309 g/mol. The summed E-state index contributed by atoms with van der Waals surface area (Å²) in [7, 11) is 0. The van der Waals surface area contributed by atoms with Gasteiger partial charge in [0.2, 0.25) is 5.91 Å². The third-order valence-corrected chi connectivity index (χ3v) is 4.68. The summed E-state index contributed by atoms with van der Waals surface area (Å²) in [4.78, 5) is 25.9. The number of rotatable bonds is 5. The first kappa shape index (κ1) is 15.8. The predicted octanol–water partition coefficient (Wildman–Crippen LogP) is 2.78. The molecule has 1 aliphatic carbocycles. The molecule has 1 fully saturated rings. The van der Waals surface area contributed by atoms with E-state index in [1.54, 1.807) is 6.07 Å². The third kappa shape index (κ3) is 4.70. The summed E-state index contributed by atoms with van der Waals surface area (Å²) in [5.41, 5.74) is -0.0418. The lowest BCUT2D eigenvalue weighted by Crippen LogP contribution is -2.41. The lowest BCUT2D eigenvalue weighted by atomic mass is 9.86. The SMILES string of the molecule is C[C@H]1CCCC[C@H]1NC(=O)CSc1ccc([N+](=O)[O-])cn1. The highest BCUT2D eigenvalue weighted by Gasteiger charge is 2.22. The number of amides is 1. The molecular weight excluding hydrogens is 290 g/mol. The van der Waals surface area contributed by atoms with E-state index in [4.69, 9.17) is 0 Å². The summed E-state index contributed by atoms with van der Waals surface area (Å²) in [5, 5.41) is 14.2. The van der Waals surface area contributed by atoms with Gasteiger partial charge in [0.25, 0.3) is 5.69 Å². The first-order chi connectivity index (χ1) is 10.1. The average molecular weight is 309 g/mol. The summed E-state index contributed by atoms with van der Waals surface area (Å²) in [6, 6.07) is 3.24. The van der Waals surface area contributed by atoms with E-state index in [-0.39, 0.29) is 23.4 Å². The number of nitrogens with one attached hydrogen (secondary N) is 1. The molecule has 7 heteroatoms. The zero-order valence-corrected chi connectivity index (χ0v) is 12.8. The molecule has 2 atom stereocenters. The van der Waals surface area contributed by atoms with E-state index < -0.39 is 4.92 Å². The van der Waals surface area contributed by atoms with E-state index in [1.807, 2.05) is 0 Å². The highest BCUT2D eigenvalue weighted by molar-refractivity contribution is 7.99. The van der Waals surface area contributed by atoms with Crippen LogP contribution in [0.4, 0.5) is 5.69 Å². The number of hydrogen-bond acceptors (Lipinski definition) is 5. The maximum Gasteiger partial charge on any atom is 0.287 e. The van der Waals surface area contributed by atoms with Crippen molar-refractivity contribution in [1.82, 2.24) is 10.3 Å². The molecule has 0 unspecified atom stereocenters. The van der Waals surface area contributed by atoms with E-state index in [2.05, 4.69) is 17.2 Å². The number of carbonyl (C=O) groups excluding carboxylic acids is 1.